The summed E-state index contributed by atoms with van der Waals surface area (Å²) in [6.07, 6.45) is 1.92. The van der Waals surface area contributed by atoms with Crippen LogP contribution in [0.3, 0.4) is 0 Å². The van der Waals surface area contributed by atoms with Gasteiger partial charge in [-0.2, -0.15) is 0 Å². The summed E-state index contributed by atoms with van der Waals surface area (Å²) in [6.45, 7) is 1.80. The van der Waals surface area contributed by atoms with Gasteiger partial charge in [-0.25, -0.2) is 4.98 Å². The molecule has 0 radical (unpaired) electrons. The Kier molecular flexibility index (Phi) is 5.55. The first kappa shape index (κ1) is 19.0. The van der Waals surface area contributed by atoms with Gasteiger partial charge in [0.2, 0.25) is 0 Å². The maximum absolute atomic E-state index is 12.4. The molecule has 1 saturated carbocycles. The van der Waals surface area contributed by atoms with Crippen LogP contribution in [-0.4, -0.2) is 48.2 Å². The van der Waals surface area contributed by atoms with Crippen LogP contribution in [-0.2, 0) is 4.79 Å². The van der Waals surface area contributed by atoms with Crippen molar-refractivity contribution in [3.8, 4) is 5.75 Å². The summed E-state index contributed by atoms with van der Waals surface area (Å²) in [5.74, 6) is 0.366. The fourth-order valence-electron chi connectivity index (χ4n) is 2.40. The largest absolute Gasteiger partial charge is 0.486 e. The van der Waals surface area contributed by atoms with Gasteiger partial charge < -0.3 is 9.64 Å². The Labute approximate surface area is 161 Å². The van der Waals surface area contributed by atoms with Crippen LogP contribution in [0.15, 0.2) is 24.3 Å². The number of carbonyl (C=O) groups is 3. The Morgan fingerprint density at radius 2 is 1.89 bits per heavy atom. The van der Waals surface area contributed by atoms with Crippen LogP contribution in [0.1, 0.15) is 38.6 Å². The summed E-state index contributed by atoms with van der Waals surface area (Å²) in [6, 6.07) is 6.56. The summed E-state index contributed by atoms with van der Waals surface area (Å²) in [7, 11) is 3.34. The van der Waals surface area contributed by atoms with E-state index >= 15 is 0 Å². The quantitative estimate of drug-likeness (QED) is 0.789. The number of nitrogens with zero attached hydrogens (tertiary/aromatic N) is 2. The van der Waals surface area contributed by atoms with Crippen molar-refractivity contribution in [3.05, 3.63) is 40.4 Å². The van der Waals surface area contributed by atoms with Crippen LogP contribution in [0.5, 0.6) is 5.75 Å². The van der Waals surface area contributed by atoms with E-state index in [1.54, 1.807) is 45.3 Å². The van der Waals surface area contributed by atoms with Gasteiger partial charge in [0.25, 0.3) is 11.8 Å². The number of ketones is 1. The third-order valence-corrected chi connectivity index (χ3v) is 5.21. The van der Waals surface area contributed by atoms with Crippen LogP contribution in [0.4, 0.5) is 5.13 Å². The Bertz CT molecular complexity index is 870. The van der Waals surface area contributed by atoms with Crippen LogP contribution in [0.25, 0.3) is 0 Å². The maximum atomic E-state index is 12.4. The van der Waals surface area contributed by atoms with Crippen LogP contribution >= 0.6 is 11.3 Å². The summed E-state index contributed by atoms with van der Waals surface area (Å²) >= 11 is 1.15. The van der Waals surface area contributed by atoms with Gasteiger partial charge in [-0.15, -0.1) is 0 Å². The fourth-order valence-corrected chi connectivity index (χ4v) is 3.38. The van der Waals surface area contributed by atoms with E-state index in [1.807, 2.05) is 0 Å². The number of ether oxygens (including phenoxy) is 1. The molecule has 1 aromatic carbocycles. The molecule has 0 saturated heterocycles. The van der Waals surface area contributed by atoms with Crippen molar-refractivity contribution in [2.24, 2.45) is 5.92 Å². The number of carbonyl (C=O) groups excluding carboxylic acids is 3. The van der Waals surface area contributed by atoms with E-state index < -0.39 is 0 Å². The second kappa shape index (κ2) is 7.87. The van der Waals surface area contributed by atoms with Gasteiger partial charge in [0.15, 0.2) is 10.9 Å². The van der Waals surface area contributed by atoms with E-state index in [4.69, 9.17) is 4.74 Å². The van der Waals surface area contributed by atoms with E-state index in [2.05, 4.69) is 10.3 Å². The maximum Gasteiger partial charge on any atom is 0.265 e. The zero-order valence-electron chi connectivity index (χ0n) is 15.4. The third-order valence-electron chi connectivity index (χ3n) is 4.15. The molecule has 2 amide bonds. The molecule has 0 aliphatic heterocycles. The van der Waals surface area contributed by atoms with Crippen molar-refractivity contribution in [3.63, 3.8) is 0 Å². The third kappa shape index (κ3) is 4.71. The highest BCUT2D eigenvalue weighted by Gasteiger charge is 2.29. The van der Waals surface area contributed by atoms with Gasteiger partial charge in [0.1, 0.15) is 17.2 Å². The summed E-state index contributed by atoms with van der Waals surface area (Å²) < 4.78 is 5.46. The number of aryl methyl sites for hydroxylation is 1. The molecule has 1 aromatic heterocycles. The van der Waals surface area contributed by atoms with Gasteiger partial charge in [-0.1, -0.05) is 11.3 Å². The van der Waals surface area contributed by atoms with E-state index in [-0.39, 0.29) is 30.1 Å². The predicted molar refractivity (Wildman–Crippen MR) is 102 cm³/mol. The van der Waals surface area contributed by atoms with Gasteiger partial charge in [0.05, 0.1) is 5.69 Å². The standard InChI is InChI=1S/C19H21N3O4S/c1-11-16(18(25)22(2)3)27-19(20-11)21-17(24)13-6-8-14(9-7-13)26-10-15(23)12-4-5-12/h6-9,12H,4-5,10H2,1-3H3,(H,20,21,24). The summed E-state index contributed by atoms with van der Waals surface area (Å²) in [5, 5.41) is 3.08. The molecule has 0 spiro atoms. The van der Waals surface area contributed by atoms with Gasteiger partial charge >= 0.3 is 0 Å². The number of Topliss-reactive ketones (excluding diaryl/α,β-unsaturated/α-hetero) is 1. The lowest BCUT2D eigenvalue weighted by Crippen LogP contribution is -2.21. The summed E-state index contributed by atoms with van der Waals surface area (Å²) in [5.41, 5.74) is 1.02. The Hall–Kier alpha value is -2.74. The first-order valence-electron chi connectivity index (χ1n) is 8.61. The smallest absolute Gasteiger partial charge is 0.265 e. The van der Waals surface area contributed by atoms with Crippen LogP contribution < -0.4 is 10.1 Å². The van der Waals surface area contributed by atoms with Crippen molar-refractivity contribution >= 4 is 34.1 Å². The second-order valence-corrected chi connectivity index (χ2v) is 7.64. The molecule has 2 aromatic rings. The zero-order valence-corrected chi connectivity index (χ0v) is 16.3. The molecule has 3 rings (SSSR count). The van der Waals surface area contributed by atoms with Crippen molar-refractivity contribution in [2.75, 3.05) is 26.0 Å². The Morgan fingerprint density at radius 1 is 1.22 bits per heavy atom. The topological polar surface area (TPSA) is 88.6 Å². The molecule has 0 bridgehead atoms. The zero-order chi connectivity index (χ0) is 19.6. The first-order chi connectivity index (χ1) is 12.8. The Morgan fingerprint density at radius 3 is 2.48 bits per heavy atom. The molecule has 7 nitrogen and oxygen atoms in total. The van der Waals surface area contributed by atoms with Gasteiger partial charge in [-0.3, -0.25) is 19.7 Å². The number of amides is 2. The van der Waals surface area contributed by atoms with E-state index in [1.165, 1.54) is 4.90 Å². The molecule has 0 atom stereocenters. The minimum absolute atomic E-state index is 0.0667. The van der Waals surface area contributed by atoms with E-state index in [0.29, 0.717) is 27.0 Å². The molecule has 1 heterocycles. The molecular formula is C19H21N3O4S. The number of aromatic nitrogens is 1. The van der Waals surface area contributed by atoms with Crippen molar-refractivity contribution < 1.29 is 19.1 Å². The number of hydrogen-bond acceptors (Lipinski definition) is 6. The molecule has 1 aliphatic carbocycles. The molecule has 1 fully saturated rings. The van der Waals surface area contributed by atoms with Crippen molar-refractivity contribution in [1.29, 1.82) is 0 Å². The number of hydrogen-bond donors (Lipinski definition) is 1. The molecule has 142 valence electrons. The van der Waals surface area contributed by atoms with Gasteiger partial charge in [0, 0.05) is 25.6 Å². The van der Waals surface area contributed by atoms with Crippen LogP contribution in [0, 0.1) is 12.8 Å². The lowest BCUT2D eigenvalue weighted by Gasteiger charge is -2.07. The van der Waals surface area contributed by atoms with E-state index in [9.17, 15) is 14.4 Å². The first-order valence-corrected chi connectivity index (χ1v) is 9.43. The number of nitrogens with one attached hydrogen (secondary N) is 1. The monoisotopic (exact) mass is 387 g/mol. The number of rotatable bonds is 7. The van der Waals surface area contributed by atoms with Crippen molar-refractivity contribution in [2.45, 2.75) is 19.8 Å². The molecular weight excluding hydrogens is 366 g/mol. The number of thiazole rings is 1. The predicted octanol–water partition coefficient (Wildman–Crippen LogP) is 2.76. The Balaban J connectivity index is 1.60. The highest BCUT2D eigenvalue weighted by molar-refractivity contribution is 7.17. The van der Waals surface area contributed by atoms with Gasteiger partial charge in [-0.05, 0) is 44.0 Å². The number of anilines is 1. The van der Waals surface area contributed by atoms with Crippen LogP contribution in [0.2, 0.25) is 0 Å². The average molecular weight is 387 g/mol. The molecule has 1 aliphatic rings. The second-order valence-electron chi connectivity index (χ2n) is 6.64. The minimum atomic E-state index is -0.326. The molecule has 0 unspecified atom stereocenters. The number of benzene rings is 1. The van der Waals surface area contributed by atoms with Crippen molar-refractivity contribution in [1.82, 2.24) is 9.88 Å². The molecule has 27 heavy (non-hydrogen) atoms. The minimum Gasteiger partial charge on any atom is -0.486 e. The molecule has 1 N–H and O–H groups in total. The highest BCUT2D eigenvalue weighted by atomic mass is 32.1. The highest BCUT2D eigenvalue weighted by Crippen LogP contribution is 2.30. The normalized spacial score (nSPS) is 13.1. The molecule has 8 heteroatoms. The summed E-state index contributed by atoms with van der Waals surface area (Å²) in [4.78, 5) is 42.3. The SMILES string of the molecule is Cc1nc(NC(=O)c2ccc(OCC(=O)C3CC3)cc2)sc1C(=O)N(C)C. The average Bonchev–Trinajstić information content (AvgIpc) is 3.43. The lowest BCUT2D eigenvalue weighted by molar-refractivity contribution is -0.122. The fraction of sp³-hybridized carbons (Fsp3) is 0.368. The lowest BCUT2D eigenvalue weighted by atomic mass is 10.2. The van der Waals surface area contributed by atoms with E-state index in [0.717, 1.165) is 24.2 Å².